The van der Waals surface area contributed by atoms with Crippen LogP contribution in [0.15, 0.2) is 34.2 Å². The maximum atomic E-state index is 11.6. The second-order valence-electron chi connectivity index (χ2n) is 6.85. The number of nitrogens with one attached hydrogen (secondary N) is 2. The Kier molecular flexibility index (Phi) is 14.0. The second-order valence-corrected chi connectivity index (χ2v) is 6.85. The molecule has 1 saturated heterocycles. The van der Waals surface area contributed by atoms with Crippen molar-refractivity contribution in [3.63, 3.8) is 0 Å². The van der Waals surface area contributed by atoms with E-state index in [1.807, 2.05) is 12.3 Å². The molecule has 0 atom stereocenters. The molecule has 0 spiro atoms. The van der Waals surface area contributed by atoms with E-state index in [9.17, 15) is 4.79 Å². The van der Waals surface area contributed by atoms with Gasteiger partial charge in [0.2, 0.25) is 5.56 Å². The monoisotopic (exact) mass is 506 g/mol. The van der Waals surface area contributed by atoms with Gasteiger partial charge in [-0.3, -0.25) is 9.79 Å². The molecule has 0 saturated carbocycles. The zero-order valence-corrected chi connectivity index (χ0v) is 19.2. The van der Waals surface area contributed by atoms with Crippen LogP contribution in [0.3, 0.4) is 0 Å². The quantitative estimate of drug-likeness (QED) is 0.209. The molecule has 0 aliphatic carbocycles. The lowest BCUT2D eigenvalue weighted by atomic mass is 10.0. The van der Waals surface area contributed by atoms with Crippen LogP contribution in [0.1, 0.15) is 32.1 Å². The number of guanidine groups is 1. The van der Waals surface area contributed by atoms with E-state index in [0.29, 0.717) is 5.92 Å². The first-order valence-electron chi connectivity index (χ1n) is 10.0. The Balaban J connectivity index is 0.00000392. The molecule has 0 unspecified atom stereocenters. The highest BCUT2D eigenvalue weighted by Gasteiger charge is 2.13. The number of halogens is 1. The van der Waals surface area contributed by atoms with E-state index in [0.717, 1.165) is 84.1 Å². The van der Waals surface area contributed by atoms with Crippen molar-refractivity contribution in [2.75, 3.05) is 46.6 Å². The number of pyridine rings is 1. The Morgan fingerprint density at radius 1 is 1.21 bits per heavy atom. The van der Waals surface area contributed by atoms with Gasteiger partial charge in [-0.25, -0.2) is 0 Å². The summed E-state index contributed by atoms with van der Waals surface area (Å²) < 4.78 is 12.9. The first kappa shape index (κ1) is 24.9. The van der Waals surface area contributed by atoms with Crippen LogP contribution >= 0.6 is 24.0 Å². The summed E-state index contributed by atoms with van der Waals surface area (Å²) >= 11 is 0. The molecule has 0 bridgehead atoms. The van der Waals surface area contributed by atoms with Gasteiger partial charge in [0.05, 0.1) is 0 Å². The van der Waals surface area contributed by atoms with Crippen molar-refractivity contribution >= 4 is 29.9 Å². The molecule has 1 aromatic rings. The van der Waals surface area contributed by atoms with E-state index >= 15 is 0 Å². The van der Waals surface area contributed by atoms with Crippen LogP contribution in [0.25, 0.3) is 0 Å². The normalized spacial score (nSPS) is 15.1. The summed E-state index contributed by atoms with van der Waals surface area (Å²) in [7, 11) is 1.78. The minimum absolute atomic E-state index is 0. The number of unbranched alkanes of at least 4 members (excludes halogenated alkanes) is 1. The molecule has 2 rings (SSSR count). The topological polar surface area (TPSA) is 76.9 Å². The molecule has 160 valence electrons. The summed E-state index contributed by atoms with van der Waals surface area (Å²) in [4.78, 5) is 15.9. The van der Waals surface area contributed by atoms with Crippen LogP contribution < -0.4 is 16.2 Å². The number of aliphatic imine (C=N–C) groups is 1. The third kappa shape index (κ3) is 10.4. The SMILES string of the molecule is CN=C(NCCCCn1ccccc1=O)NCCCOCC1CCOCC1.I. The van der Waals surface area contributed by atoms with Crippen molar-refractivity contribution in [1.29, 1.82) is 0 Å². The molecule has 2 heterocycles. The van der Waals surface area contributed by atoms with Crippen LogP contribution in [-0.4, -0.2) is 57.1 Å². The van der Waals surface area contributed by atoms with Crippen molar-refractivity contribution in [1.82, 2.24) is 15.2 Å². The Bertz CT molecular complexity index is 603. The number of rotatable bonds is 11. The minimum atomic E-state index is 0. The molecular weight excluding hydrogens is 471 g/mol. The number of hydrogen-bond acceptors (Lipinski definition) is 4. The summed E-state index contributed by atoms with van der Waals surface area (Å²) in [5.41, 5.74) is 0.0574. The Morgan fingerprint density at radius 2 is 1.96 bits per heavy atom. The van der Waals surface area contributed by atoms with Crippen LogP contribution in [0.2, 0.25) is 0 Å². The second kappa shape index (κ2) is 15.8. The largest absolute Gasteiger partial charge is 0.381 e. The zero-order chi connectivity index (χ0) is 19.2. The Morgan fingerprint density at radius 3 is 2.68 bits per heavy atom. The lowest BCUT2D eigenvalue weighted by molar-refractivity contribution is 0.0203. The molecule has 0 radical (unpaired) electrons. The third-order valence-electron chi connectivity index (χ3n) is 4.69. The van der Waals surface area contributed by atoms with Crippen LogP contribution in [0.5, 0.6) is 0 Å². The van der Waals surface area contributed by atoms with E-state index in [2.05, 4.69) is 15.6 Å². The first-order valence-corrected chi connectivity index (χ1v) is 10.0. The van der Waals surface area contributed by atoms with Gasteiger partial charge in [-0.15, -0.1) is 24.0 Å². The highest BCUT2D eigenvalue weighted by molar-refractivity contribution is 14.0. The van der Waals surface area contributed by atoms with E-state index in [4.69, 9.17) is 9.47 Å². The molecule has 1 aliphatic rings. The Labute approximate surface area is 185 Å². The van der Waals surface area contributed by atoms with E-state index < -0.39 is 0 Å². The van der Waals surface area contributed by atoms with Crippen molar-refractivity contribution in [3.05, 3.63) is 34.7 Å². The van der Waals surface area contributed by atoms with Crippen LogP contribution in [0.4, 0.5) is 0 Å². The van der Waals surface area contributed by atoms with Gasteiger partial charge in [-0.05, 0) is 44.1 Å². The molecule has 28 heavy (non-hydrogen) atoms. The number of aryl methyl sites for hydroxylation is 1. The van der Waals surface area contributed by atoms with Crippen LogP contribution in [-0.2, 0) is 16.0 Å². The summed E-state index contributed by atoms with van der Waals surface area (Å²) in [6.45, 7) is 5.79. The highest BCUT2D eigenvalue weighted by Crippen LogP contribution is 2.14. The average Bonchev–Trinajstić information content (AvgIpc) is 2.70. The standard InChI is InChI=1S/C20H34N4O3.HI/c1-21-20(22-10-3-5-13-24-12-4-2-7-19(24)25)23-11-6-14-27-17-18-8-15-26-16-9-18;/h2,4,7,12,18H,3,5-6,8-11,13-17H2,1H3,(H2,21,22,23);1H. The lowest BCUT2D eigenvalue weighted by Crippen LogP contribution is -2.38. The fourth-order valence-electron chi connectivity index (χ4n) is 3.02. The predicted octanol–water partition coefficient (Wildman–Crippen LogP) is 2.24. The van der Waals surface area contributed by atoms with Crippen molar-refractivity contribution in [3.8, 4) is 0 Å². The van der Waals surface area contributed by atoms with E-state index in [-0.39, 0.29) is 29.5 Å². The summed E-state index contributed by atoms with van der Waals surface area (Å²) in [5, 5.41) is 6.62. The maximum absolute atomic E-state index is 11.6. The molecule has 1 aromatic heterocycles. The molecule has 7 nitrogen and oxygen atoms in total. The van der Waals surface area contributed by atoms with Gasteiger partial charge in [0.15, 0.2) is 5.96 Å². The highest BCUT2D eigenvalue weighted by atomic mass is 127. The lowest BCUT2D eigenvalue weighted by Gasteiger charge is -2.21. The average molecular weight is 506 g/mol. The summed E-state index contributed by atoms with van der Waals surface area (Å²) in [6, 6.07) is 5.25. The fourth-order valence-corrected chi connectivity index (χ4v) is 3.02. The minimum Gasteiger partial charge on any atom is -0.381 e. The zero-order valence-electron chi connectivity index (χ0n) is 16.9. The van der Waals surface area contributed by atoms with Gasteiger partial charge in [-0.1, -0.05) is 6.07 Å². The number of nitrogens with zero attached hydrogens (tertiary/aromatic N) is 2. The molecule has 0 aromatic carbocycles. The number of hydrogen-bond donors (Lipinski definition) is 2. The van der Waals surface area contributed by atoms with Crippen molar-refractivity contribution in [2.45, 2.75) is 38.6 Å². The molecule has 2 N–H and O–H groups in total. The van der Waals surface area contributed by atoms with Gasteiger partial charge in [0.25, 0.3) is 0 Å². The molecule has 8 heteroatoms. The van der Waals surface area contributed by atoms with Crippen molar-refractivity contribution in [2.24, 2.45) is 10.9 Å². The maximum Gasteiger partial charge on any atom is 0.250 e. The summed E-state index contributed by atoms with van der Waals surface area (Å²) in [6.07, 6.45) is 6.97. The molecular formula is C20H35IN4O3. The number of ether oxygens (including phenoxy) is 2. The number of aromatic nitrogens is 1. The fraction of sp³-hybridized carbons (Fsp3) is 0.700. The first-order chi connectivity index (χ1) is 13.3. The van der Waals surface area contributed by atoms with E-state index in [1.54, 1.807) is 23.7 Å². The van der Waals surface area contributed by atoms with Gasteiger partial charge < -0.3 is 24.7 Å². The van der Waals surface area contributed by atoms with Crippen LogP contribution in [0, 0.1) is 5.92 Å². The van der Waals surface area contributed by atoms with Gasteiger partial charge in [-0.2, -0.15) is 0 Å². The Hall–Kier alpha value is -1.13. The molecule has 1 aliphatic heterocycles. The van der Waals surface area contributed by atoms with E-state index in [1.165, 1.54) is 0 Å². The van der Waals surface area contributed by atoms with Gasteiger partial charge in [0, 0.05) is 65.4 Å². The predicted molar refractivity (Wildman–Crippen MR) is 124 cm³/mol. The molecule has 1 fully saturated rings. The van der Waals surface area contributed by atoms with Gasteiger partial charge >= 0.3 is 0 Å². The van der Waals surface area contributed by atoms with Crippen molar-refractivity contribution < 1.29 is 9.47 Å². The third-order valence-corrected chi connectivity index (χ3v) is 4.69. The van der Waals surface area contributed by atoms with Gasteiger partial charge in [0.1, 0.15) is 0 Å². The smallest absolute Gasteiger partial charge is 0.250 e. The summed E-state index contributed by atoms with van der Waals surface area (Å²) in [5.74, 6) is 1.48. The molecule has 0 amide bonds.